The fraction of sp³-hybridized carbons (Fsp3) is 0.100. The van der Waals surface area contributed by atoms with Crippen molar-refractivity contribution in [1.82, 2.24) is 4.57 Å². The topological polar surface area (TPSA) is 4.93 Å². The summed E-state index contributed by atoms with van der Waals surface area (Å²) in [6.45, 7) is 4.82. The molecule has 9 rings (SSSR count). The summed E-state index contributed by atoms with van der Waals surface area (Å²) in [7, 11) is -1.75. The first-order chi connectivity index (χ1) is 21.2. The summed E-state index contributed by atoms with van der Waals surface area (Å²) >= 11 is 1.93. The van der Waals surface area contributed by atoms with Crippen LogP contribution in [0.4, 0.5) is 0 Å². The van der Waals surface area contributed by atoms with E-state index in [9.17, 15) is 0 Å². The van der Waals surface area contributed by atoms with Gasteiger partial charge in [0.2, 0.25) is 0 Å². The maximum Gasteiger partial charge on any atom is 0.119 e. The van der Waals surface area contributed by atoms with Gasteiger partial charge in [0.15, 0.2) is 0 Å². The first-order valence-corrected chi connectivity index (χ1v) is 18.6. The van der Waals surface area contributed by atoms with Crippen molar-refractivity contribution in [3.63, 3.8) is 0 Å². The Bertz CT molecular complexity index is 2370. The summed E-state index contributed by atoms with van der Waals surface area (Å²) in [5.41, 5.74) is 9.34. The fourth-order valence-corrected chi connectivity index (χ4v) is 13.9. The second-order valence-electron chi connectivity index (χ2n) is 11.9. The second kappa shape index (κ2) is 9.28. The average Bonchev–Trinajstić information content (AvgIpc) is 3.71. The summed E-state index contributed by atoms with van der Waals surface area (Å²) in [4.78, 5) is 0. The Labute approximate surface area is 256 Å². The summed E-state index contributed by atoms with van der Waals surface area (Å²) in [6, 6.07) is 50.4. The number of thiophene rings is 1. The molecule has 2 aromatic heterocycles. The van der Waals surface area contributed by atoms with Gasteiger partial charge in [0, 0.05) is 31.9 Å². The molecule has 3 heteroatoms. The summed E-state index contributed by atoms with van der Waals surface area (Å²) in [5.74, 6) is 0. The van der Waals surface area contributed by atoms with E-state index >= 15 is 0 Å². The number of nitrogens with zero attached hydrogens (tertiary/aromatic N) is 1. The number of aromatic nitrogens is 1. The highest BCUT2D eigenvalue weighted by Gasteiger charge is 2.42. The van der Waals surface area contributed by atoms with Crippen LogP contribution in [0.1, 0.15) is 13.8 Å². The average molecular weight is 586 g/mol. The molecule has 8 aromatic rings. The van der Waals surface area contributed by atoms with Gasteiger partial charge >= 0.3 is 0 Å². The Balaban J connectivity index is 1.43. The quantitative estimate of drug-likeness (QED) is 0.181. The van der Waals surface area contributed by atoms with Crippen molar-refractivity contribution in [2.45, 2.75) is 25.9 Å². The Morgan fingerprint density at radius 1 is 0.581 bits per heavy atom. The second-order valence-corrected chi connectivity index (χ2v) is 17.6. The summed E-state index contributed by atoms with van der Waals surface area (Å²) < 4.78 is 5.18. The van der Waals surface area contributed by atoms with Crippen LogP contribution in [-0.2, 0) is 0 Å². The lowest BCUT2D eigenvalue weighted by molar-refractivity contribution is 1.19. The van der Waals surface area contributed by atoms with Gasteiger partial charge in [-0.15, -0.1) is 11.3 Å². The Morgan fingerprint density at radius 3 is 2.12 bits per heavy atom. The molecular weight excluding hydrogens is 555 g/mol. The van der Waals surface area contributed by atoms with E-state index in [1.54, 1.807) is 10.4 Å². The van der Waals surface area contributed by atoms with Crippen LogP contribution >= 0.6 is 11.3 Å². The third kappa shape index (κ3) is 3.32. The molecule has 0 atom stereocenters. The smallest absolute Gasteiger partial charge is 0.119 e. The molecule has 1 nitrogen and oxygen atoms in total. The molecule has 0 radical (unpaired) electrons. The largest absolute Gasteiger partial charge is 0.308 e. The van der Waals surface area contributed by atoms with E-state index in [2.05, 4.69) is 146 Å². The van der Waals surface area contributed by atoms with Crippen LogP contribution in [0.2, 0.25) is 12.1 Å². The standard InChI is InChI=1S/C40H31NSSi/c1-3-43(4-2)36-21-13-10-17-29(36)32-24-26(22-23-37(32)43)31-25-33-28-16-8-11-19-34(28)41(27-14-6-5-7-15-27)39(33)40-38(31)30-18-9-12-20-35(30)42-40/h5-25H,3-4H2,1-2H3. The van der Waals surface area contributed by atoms with Crippen molar-refractivity contribution >= 4 is 71.8 Å². The zero-order valence-electron chi connectivity index (χ0n) is 24.4. The van der Waals surface area contributed by atoms with Crippen LogP contribution in [0.5, 0.6) is 0 Å². The maximum absolute atomic E-state index is 2.53. The van der Waals surface area contributed by atoms with Crippen LogP contribution in [0.25, 0.3) is 69.9 Å². The van der Waals surface area contributed by atoms with Crippen molar-refractivity contribution in [2.24, 2.45) is 0 Å². The monoisotopic (exact) mass is 585 g/mol. The van der Waals surface area contributed by atoms with E-state index < -0.39 is 8.07 Å². The maximum atomic E-state index is 2.53. The van der Waals surface area contributed by atoms with Crippen molar-refractivity contribution in [2.75, 3.05) is 0 Å². The molecule has 0 spiro atoms. The summed E-state index contributed by atoms with van der Waals surface area (Å²) in [6.07, 6.45) is 0. The first kappa shape index (κ1) is 25.1. The molecule has 43 heavy (non-hydrogen) atoms. The molecule has 0 unspecified atom stereocenters. The Morgan fingerprint density at radius 2 is 1.28 bits per heavy atom. The highest BCUT2D eigenvalue weighted by molar-refractivity contribution is 7.26. The van der Waals surface area contributed by atoms with E-state index in [1.165, 1.54) is 82.0 Å². The number of rotatable bonds is 4. The molecule has 0 saturated heterocycles. The molecule has 1 aliphatic heterocycles. The van der Waals surface area contributed by atoms with E-state index in [0.717, 1.165) is 0 Å². The van der Waals surface area contributed by atoms with Gasteiger partial charge in [-0.1, -0.05) is 117 Å². The lowest BCUT2D eigenvalue weighted by Crippen LogP contribution is -2.53. The van der Waals surface area contributed by atoms with Gasteiger partial charge in [-0.05, 0) is 69.0 Å². The van der Waals surface area contributed by atoms with Gasteiger partial charge in [0.1, 0.15) is 8.07 Å². The first-order valence-electron chi connectivity index (χ1n) is 15.4. The molecule has 0 saturated carbocycles. The predicted octanol–water partition coefficient (Wildman–Crippen LogP) is 10.4. The van der Waals surface area contributed by atoms with E-state index in [4.69, 9.17) is 0 Å². The van der Waals surface area contributed by atoms with Crippen LogP contribution in [0.3, 0.4) is 0 Å². The minimum absolute atomic E-state index is 1.20. The molecule has 0 bridgehead atoms. The molecule has 6 aromatic carbocycles. The zero-order chi connectivity index (χ0) is 28.7. The molecule has 206 valence electrons. The molecule has 1 aliphatic rings. The highest BCUT2D eigenvalue weighted by Crippen LogP contribution is 2.48. The molecule has 3 heterocycles. The molecule has 0 N–H and O–H groups in total. The molecule has 0 aliphatic carbocycles. The number of hydrogen-bond donors (Lipinski definition) is 0. The third-order valence-corrected chi connectivity index (χ3v) is 16.6. The highest BCUT2D eigenvalue weighted by atomic mass is 32.1. The lowest BCUT2D eigenvalue weighted by Gasteiger charge is -2.27. The number of fused-ring (bicyclic) bond motifs is 10. The lowest BCUT2D eigenvalue weighted by atomic mass is 9.94. The van der Waals surface area contributed by atoms with E-state index in [0.29, 0.717) is 0 Å². The number of para-hydroxylation sites is 2. The predicted molar refractivity (Wildman–Crippen MR) is 191 cm³/mol. The SMILES string of the molecule is CC[Si]1(CC)c2ccccc2-c2cc(-c3cc4c5ccccc5n(-c5ccccc5)c4c4sc5ccccc5c34)ccc21. The number of benzene rings is 6. The van der Waals surface area contributed by atoms with Gasteiger partial charge in [-0.3, -0.25) is 0 Å². The molecule has 0 fully saturated rings. The Hall–Kier alpha value is -4.44. The fourth-order valence-electron chi connectivity index (χ4n) is 8.05. The van der Waals surface area contributed by atoms with Crippen molar-refractivity contribution in [1.29, 1.82) is 0 Å². The molecular formula is C40H31NSSi. The van der Waals surface area contributed by atoms with E-state index in [-0.39, 0.29) is 0 Å². The van der Waals surface area contributed by atoms with Crippen LogP contribution in [0.15, 0.2) is 127 Å². The van der Waals surface area contributed by atoms with E-state index in [1.807, 2.05) is 11.3 Å². The van der Waals surface area contributed by atoms with Crippen LogP contribution in [0, 0.1) is 0 Å². The summed E-state index contributed by atoms with van der Waals surface area (Å²) in [5, 5.41) is 8.58. The third-order valence-electron chi connectivity index (χ3n) is 10.1. The van der Waals surface area contributed by atoms with Gasteiger partial charge < -0.3 is 4.57 Å². The van der Waals surface area contributed by atoms with Crippen LogP contribution in [-0.4, -0.2) is 12.6 Å². The van der Waals surface area contributed by atoms with Crippen molar-refractivity contribution < 1.29 is 0 Å². The van der Waals surface area contributed by atoms with Crippen LogP contribution < -0.4 is 10.4 Å². The minimum Gasteiger partial charge on any atom is -0.308 e. The van der Waals surface area contributed by atoms with Gasteiger partial charge in [-0.25, -0.2) is 0 Å². The number of hydrogen-bond acceptors (Lipinski definition) is 1. The molecule has 0 amide bonds. The van der Waals surface area contributed by atoms with Gasteiger partial charge in [0.05, 0.1) is 15.7 Å². The normalized spacial score (nSPS) is 13.7. The van der Waals surface area contributed by atoms with Crippen molar-refractivity contribution in [3.8, 4) is 27.9 Å². The van der Waals surface area contributed by atoms with Gasteiger partial charge in [-0.2, -0.15) is 0 Å². The van der Waals surface area contributed by atoms with Crippen molar-refractivity contribution in [3.05, 3.63) is 127 Å². The minimum atomic E-state index is -1.75. The zero-order valence-corrected chi connectivity index (χ0v) is 26.2. The van der Waals surface area contributed by atoms with Gasteiger partial charge in [0.25, 0.3) is 0 Å². The Kier molecular flexibility index (Phi) is 5.41.